The van der Waals surface area contributed by atoms with Gasteiger partial charge < -0.3 is 14.4 Å². The molecule has 0 bridgehead atoms. The molecule has 1 saturated heterocycles. The lowest BCUT2D eigenvalue weighted by molar-refractivity contribution is -0.132. The van der Waals surface area contributed by atoms with E-state index in [0.29, 0.717) is 29.1 Å². The zero-order valence-corrected chi connectivity index (χ0v) is 16.5. The Morgan fingerprint density at radius 1 is 1.14 bits per heavy atom. The SMILES string of the molecule is COc1ccc(C2CCCN2C(=O)Cn2c(=O)cnc3ccccc32)cc1OC. The maximum atomic E-state index is 13.2. The van der Waals surface area contributed by atoms with Gasteiger partial charge in [0.25, 0.3) is 5.56 Å². The van der Waals surface area contributed by atoms with Gasteiger partial charge in [0.1, 0.15) is 6.54 Å². The molecule has 150 valence electrons. The molecule has 2 aromatic carbocycles. The van der Waals surface area contributed by atoms with Crippen LogP contribution in [0.2, 0.25) is 0 Å². The van der Waals surface area contributed by atoms with E-state index in [-0.39, 0.29) is 24.1 Å². The van der Waals surface area contributed by atoms with Crippen molar-refractivity contribution in [3.8, 4) is 11.5 Å². The van der Waals surface area contributed by atoms with E-state index >= 15 is 0 Å². The van der Waals surface area contributed by atoms with Gasteiger partial charge in [-0.15, -0.1) is 0 Å². The third-order valence-electron chi connectivity index (χ3n) is 5.41. The lowest BCUT2D eigenvalue weighted by Gasteiger charge is -2.26. The van der Waals surface area contributed by atoms with Gasteiger partial charge in [0, 0.05) is 6.54 Å². The van der Waals surface area contributed by atoms with Crippen molar-refractivity contribution in [3.63, 3.8) is 0 Å². The van der Waals surface area contributed by atoms with Crippen LogP contribution in [0.25, 0.3) is 11.0 Å². The normalized spacial score (nSPS) is 16.2. The van der Waals surface area contributed by atoms with Crippen molar-refractivity contribution in [1.29, 1.82) is 0 Å². The first-order valence-electron chi connectivity index (χ1n) is 9.58. The van der Waals surface area contributed by atoms with E-state index < -0.39 is 0 Å². The molecule has 0 aliphatic carbocycles. The molecule has 1 fully saturated rings. The van der Waals surface area contributed by atoms with Gasteiger partial charge in [0.2, 0.25) is 5.91 Å². The van der Waals surface area contributed by atoms with Crippen molar-refractivity contribution in [2.75, 3.05) is 20.8 Å². The van der Waals surface area contributed by atoms with Gasteiger partial charge in [0.05, 0.1) is 37.5 Å². The molecule has 1 aliphatic rings. The van der Waals surface area contributed by atoms with Crippen molar-refractivity contribution in [2.45, 2.75) is 25.4 Å². The van der Waals surface area contributed by atoms with E-state index in [4.69, 9.17) is 9.47 Å². The molecule has 0 N–H and O–H groups in total. The van der Waals surface area contributed by atoms with Crippen molar-refractivity contribution in [1.82, 2.24) is 14.5 Å². The third kappa shape index (κ3) is 3.55. The molecule has 0 radical (unpaired) electrons. The Morgan fingerprint density at radius 2 is 1.93 bits per heavy atom. The summed E-state index contributed by atoms with van der Waals surface area (Å²) in [6.45, 7) is 0.654. The quantitative estimate of drug-likeness (QED) is 0.666. The average Bonchev–Trinajstić information content (AvgIpc) is 3.25. The zero-order valence-electron chi connectivity index (χ0n) is 16.5. The second-order valence-electron chi connectivity index (χ2n) is 7.03. The first-order chi connectivity index (χ1) is 14.1. The Kier molecular flexibility index (Phi) is 5.20. The maximum Gasteiger partial charge on any atom is 0.269 e. The molecule has 2 heterocycles. The summed E-state index contributed by atoms with van der Waals surface area (Å²) in [5.41, 5.74) is 2.08. The van der Waals surface area contributed by atoms with Gasteiger partial charge in [-0.2, -0.15) is 0 Å². The number of carbonyl (C=O) groups is 1. The number of para-hydroxylation sites is 2. The molecule has 0 spiro atoms. The second-order valence-corrected chi connectivity index (χ2v) is 7.03. The Morgan fingerprint density at radius 3 is 2.72 bits per heavy atom. The molecule has 1 aromatic heterocycles. The Bertz CT molecular complexity index is 1110. The average molecular weight is 393 g/mol. The highest BCUT2D eigenvalue weighted by Gasteiger charge is 2.31. The van der Waals surface area contributed by atoms with E-state index in [1.54, 1.807) is 14.2 Å². The lowest BCUT2D eigenvalue weighted by atomic mass is 10.0. The zero-order chi connectivity index (χ0) is 20.4. The highest BCUT2D eigenvalue weighted by molar-refractivity contribution is 5.80. The largest absolute Gasteiger partial charge is 0.493 e. The van der Waals surface area contributed by atoms with Crippen LogP contribution in [0.4, 0.5) is 0 Å². The summed E-state index contributed by atoms with van der Waals surface area (Å²) >= 11 is 0. The van der Waals surface area contributed by atoms with Crippen LogP contribution in [0.1, 0.15) is 24.4 Å². The lowest BCUT2D eigenvalue weighted by Crippen LogP contribution is -2.36. The Balaban J connectivity index is 1.63. The van der Waals surface area contributed by atoms with E-state index in [1.165, 1.54) is 10.8 Å². The molecule has 1 unspecified atom stereocenters. The van der Waals surface area contributed by atoms with Crippen molar-refractivity contribution in [3.05, 3.63) is 64.6 Å². The monoisotopic (exact) mass is 393 g/mol. The third-order valence-corrected chi connectivity index (χ3v) is 5.41. The minimum absolute atomic E-state index is 0.00828. The van der Waals surface area contributed by atoms with Crippen LogP contribution in [0, 0.1) is 0 Å². The summed E-state index contributed by atoms with van der Waals surface area (Å²) in [5, 5.41) is 0. The number of hydrogen-bond donors (Lipinski definition) is 0. The molecule has 1 atom stereocenters. The molecule has 1 amide bonds. The summed E-state index contributed by atoms with van der Waals surface area (Å²) in [6, 6.07) is 13.0. The summed E-state index contributed by atoms with van der Waals surface area (Å²) < 4.78 is 12.2. The first-order valence-corrected chi connectivity index (χ1v) is 9.58. The number of aromatic nitrogens is 2. The molecule has 7 nitrogen and oxygen atoms in total. The number of hydrogen-bond acceptors (Lipinski definition) is 5. The fourth-order valence-corrected chi connectivity index (χ4v) is 3.98. The van der Waals surface area contributed by atoms with Crippen molar-refractivity contribution >= 4 is 16.9 Å². The predicted molar refractivity (Wildman–Crippen MR) is 109 cm³/mol. The number of fused-ring (bicyclic) bond motifs is 1. The number of nitrogens with zero attached hydrogens (tertiary/aromatic N) is 3. The van der Waals surface area contributed by atoms with Gasteiger partial charge in [-0.05, 0) is 42.7 Å². The summed E-state index contributed by atoms with van der Waals surface area (Å²) in [6.07, 6.45) is 3.05. The fourth-order valence-electron chi connectivity index (χ4n) is 3.98. The van der Waals surface area contributed by atoms with Crippen LogP contribution in [0.3, 0.4) is 0 Å². The highest BCUT2D eigenvalue weighted by Crippen LogP contribution is 2.37. The molecular weight excluding hydrogens is 370 g/mol. The van der Waals surface area contributed by atoms with Gasteiger partial charge in [-0.25, -0.2) is 4.98 Å². The molecular formula is C22H23N3O4. The number of carbonyl (C=O) groups excluding carboxylic acids is 1. The smallest absolute Gasteiger partial charge is 0.269 e. The number of rotatable bonds is 5. The van der Waals surface area contributed by atoms with Crippen LogP contribution >= 0.6 is 0 Å². The van der Waals surface area contributed by atoms with E-state index in [9.17, 15) is 9.59 Å². The Labute approximate surface area is 168 Å². The maximum absolute atomic E-state index is 13.2. The molecule has 3 aromatic rings. The fraction of sp³-hybridized carbons (Fsp3) is 0.318. The van der Waals surface area contributed by atoms with Crippen LogP contribution in [-0.4, -0.2) is 41.1 Å². The first kappa shape index (κ1) is 19.0. The molecule has 29 heavy (non-hydrogen) atoms. The summed E-state index contributed by atoms with van der Waals surface area (Å²) in [4.78, 5) is 31.6. The minimum atomic E-state index is -0.279. The topological polar surface area (TPSA) is 73.7 Å². The standard InChI is InChI=1S/C22H23N3O4/c1-28-19-10-9-15(12-20(19)29-2)17-8-5-11-24(17)22(27)14-25-18-7-4-3-6-16(18)23-13-21(25)26/h3-4,6-7,9-10,12-13,17H,5,8,11,14H2,1-2H3. The minimum Gasteiger partial charge on any atom is -0.493 e. The van der Waals surface area contributed by atoms with Crippen LogP contribution in [-0.2, 0) is 11.3 Å². The number of benzene rings is 2. The molecule has 1 aliphatic heterocycles. The predicted octanol–water partition coefficient (Wildman–Crippen LogP) is 2.78. The van der Waals surface area contributed by atoms with Gasteiger partial charge in [-0.3, -0.25) is 14.2 Å². The molecule has 7 heteroatoms. The number of ether oxygens (including phenoxy) is 2. The van der Waals surface area contributed by atoms with E-state index in [0.717, 1.165) is 18.4 Å². The van der Waals surface area contributed by atoms with Crippen LogP contribution in [0.15, 0.2) is 53.5 Å². The van der Waals surface area contributed by atoms with Crippen LogP contribution in [0.5, 0.6) is 11.5 Å². The number of likely N-dealkylation sites (tertiary alicyclic amines) is 1. The number of methoxy groups -OCH3 is 2. The van der Waals surface area contributed by atoms with Crippen molar-refractivity contribution < 1.29 is 14.3 Å². The van der Waals surface area contributed by atoms with Gasteiger partial charge >= 0.3 is 0 Å². The van der Waals surface area contributed by atoms with E-state index in [1.807, 2.05) is 47.4 Å². The summed E-state index contributed by atoms with van der Waals surface area (Å²) in [7, 11) is 3.19. The molecule has 4 rings (SSSR count). The number of amides is 1. The van der Waals surface area contributed by atoms with Gasteiger partial charge in [0.15, 0.2) is 11.5 Å². The highest BCUT2D eigenvalue weighted by atomic mass is 16.5. The van der Waals surface area contributed by atoms with Gasteiger partial charge in [-0.1, -0.05) is 18.2 Å². The van der Waals surface area contributed by atoms with Crippen molar-refractivity contribution in [2.24, 2.45) is 0 Å². The van der Waals surface area contributed by atoms with E-state index in [2.05, 4.69) is 4.98 Å². The van der Waals surface area contributed by atoms with Crippen LogP contribution < -0.4 is 15.0 Å². The second kappa shape index (κ2) is 7.95. The molecule has 0 saturated carbocycles. The summed E-state index contributed by atoms with van der Waals surface area (Å²) in [5.74, 6) is 1.21. The Hall–Kier alpha value is -3.35.